The smallest absolute Gasteiger partial charge is 0.198 e. The zero-order valence-electron chi connectivity index (χ0n) is 6.05. The second kappa shape index (κ2) is 5.55. The van der Waals surface area contributed by atoms with Gasteiger partial charge in [0.1, 0.15) is 0 Å². The molecule has 0 fully saturated rings. The molecule has 0 spiro atoms. The molecule has 11 heavy (non-hydrogen) atoms. The molecule has 0 atom stereocenters. The molecule has 0 heterocycles. The Morgan fingerprint density at radius 2 is 1.91 bits per heavy atom. The van der Waals surface area contributed by atoms with Gasteiger partial charge in [0.2, 0.25) is 0 Å². The van der Waals surface area contributed by atoms with Crippen LogP contribution in [0.25, 0.3) is 0 Å². The van der Waals surface area contributed by atoms with Crippen molar-refractivity contribution in [1.29, 1.82) is 0 Å². The predicted molar refractivity (Wildman–Crippen MR) is 44.3 cm³/mol. The third-order valence-electron chi connectivity index (χ3n) is 1.12. The molecule has 0 aromatic carbocycles. The lowest BCUT2D eigenvalue weighted by atomic mass is 10.4. The molecule has 0 rings (SSSR count). The highest BCUT2D eigenvalue weighted by molar-refractivity contribution is 7.91. The van der Waals surface area contributed by atoms with E-state index in [0.717, 1.165) is 0 Å². The van der Waals surface area contributed by atoms with Crippen LogP contribution in [0.5, 0.6) is 0 Å². The van der Waals surface area contributed by atoms with Crippen LogP contribution >= 0.6 is 11.6 Å². The molecule has 0 amide bonds. The number of halogens is 1. The predicted octanol–water partition coefficient (Wildman–Crippen LogP) is 0.530. The van der Waals surface area contributed by atoms with Crippen LogP contribution in [0.1, 0.15) is 12.8 Å². The summed E-state index contributed by atoms with van der Waals surface area (Å²) in [6, 6.07) is 0. The van der Waals surface area contributed by atoms with E-state index in [4.69, 9.17) is 11.6 Å². The Kier molecular flexibility index (Phi) is 5.50. The van der Waals surface area contributed by atoms with Crippen molar-refractivity contribution in [2.75, 3.05) is 17.4 Å². The summed E-state index contributed by atoms with van der Waals surface area (Å²) in [5, 5.41) is 0. The normalized spacial score (nSPS) is 11.4. The van der Waals surface area contributed by atoms with Crippen molar-refractivity contribution in [2.45, 2.75) is 12.8 Å². The van der Waals surface area contributed by atoms with Crippen molar-refractivity contribution < 1.29 is 13.2 Å². The number of hydrogen-bond donors (Lipinski definition) is 0. The Balaban J connectivity index is 3.64. The molecule has 0 saturated heterocycles. The first-order valence-corrected chi connectivity index (χ1v) is 5.59. The Labute approximate surface area is 71.7 Å². The van der Waals surface area contributed by atoms with Gasteiger partial charge in [-0.05, 0) is 6.42 Å². The van der Waals surface area contributed by atoms with E-state index in [0.29, 0.717) is 6.42 Å². The lowest BCUT2D eigenvalue weighted by Crippen LogP contribution is -2.12. The van der Waals surface area contributed by atoms with Gasteiger partial charge in [-0.25, -0.2) is 8.42 Å². The van der Waals surface area contributed by atoms with E-state index in [1.165, 1.54) is 0 Å². The fourth-order valence-electron chi connectivity index (χ4n) is 0.584. The van der Waals surface area contributed by atoms with Gasteiger partial charge in [-0.3, -0.25) is 4.79 Å². The number of unbranched alkanes of at least 4 members (excludes halogenated alkanes) is 1. The van der Waals surface area contributed by atoms with Gasteiger partial charge in [-0.15, -0.1) is 11.6 Å². The van der Waals surface area contributed by atoms with Gasteiger partial charge in [-0.2, -0.15) is 0 Å². The molecule has 0 bridgehead atoms. The molecule has 3 nitrogen and oxygen atoms in total. The number of carbonyl (C=O) groups excluding carboxylic acids is 1. The SMILES string of the molecule is O=[C]CCCS(=O)(=O)CCCl. The summed E-state index contributed by atoms with van der Waals surface area (Å²) in [6.45, 7) is 0. The quantitative estimate of drug-likeness (QED) is 0.461. The van der Waals surface area contributed by atoms with Gasteiger partial charge >= 0.3 is 0 Å². The maximum absolute atomic E-state index is 10.9. The summed E-state index contributed by atoms with van der Waals surface area (Å²) in [7, 11) is -3.01. The van der Waals surface area contributed by atoms with Crippen LogP contribution < -0.4 is 0 Å². The summed E-state index contributed by atoms with van der Waals surface area (Å²) < 4.78 is 21.8. The van der Waals surface area contributed by atoms with Gasteiger partial charge in [0.25, 0.3) is 0 Å². The highest BCUT2D eigenvalue weighted by Gasteiger charge is 2.08. The topological polar surface area (TPSA) is 51.2 Å². The van der Waals surface area contributed by atoms with Gasteiger partial charge in [0, 0.05) is 12.3 Å². The summed E-state index contributed by atoms with van der Waals surface area (Å²) in [6.07, 6.45) is 2.17. The highest BCUT2D eigenvalue weighted by atomic mass is 35.5. The average molecular weight is 198 g/mol. The maximum Gasteiger partial charge on any atom is 0.198 e. The van der Waals surface area contributed by atoms with Crippen LogP contribution in [0, 0.1) is 0 Å². The van der Waals surface area contributed by atoms with Crippen molar-refractivity contribution in [3.05, 3.63) is 0 Å². The second-order valence-corrected chi connectivity index (χ2v) is 4.77. The molecule has 0 unspecified atom stereocenters. The first-order valence-electron chi connectivity index (χ1n) is 3.24. The number of hydrogen-bond acceptors (Lipinski definition) is 3. The molecule has 1 radical (unpaired) electrons. The van der Waals surface area contributed by atoms with Crippen LogP contribution in [-0.4, -0.2) is 32.1 Å². The number of alkyl halides is 1. The lowest BCUT2D eigenvalue weighted by molar-refractivity contribution is 0.550. The highest BCUT2D eigenvalue weighted by Crippen LogP contribution is 1.96. The maximum atomic E-state index is 10.9. The Hall–Kier alpha value is -0.0900. The molecule has 65 valence electrons. The van der Waals surface area contributed by atoms with Gasteiger partial charge < -0.3 is 0 Å². The Morgan fingerprint density at radius 3 is 2.36 bits per heavy atom. The van der Waals surface area contributed by atoms with E-state index in [-0.39, 0.29) is 23.8 Å². The third kappa shape index (κ3) is 6.31. The van der Waals surface area contributed by atoms with Crippen LogP contribution in [0.2, 0.25) is 0 Å². The molecular weight excluding hydrogens is 188 g/mol. The monoisotopic (exact) mass is 197 g/mol. The second-order valence-electron chi connectivity index (χ2n) is 2.09. The summed E-state index contributed by atoms with van der Waals surface area (Å²) in [5.74, 6) is 0.148. The average Bonchev–Trinajstić information content (AvgIpc) is 1.87. The van der Waals surface area contributed by atoms with Crippen LogP contribution in [-0.2, 0) is 14.6 Å². The van der Waals surface area contributed by atoms with Gasteiger partial charge in [0.15, 0.2) is 16.1 Å². The standard InChI is InChI=1S/C6H10ClO3S/c7-3-6-11(9,10)5-2-1-4-8/h1-3,5-6H2. The van der Waals surface area contributed by atoms with Crippen molar-refractivity contribution in [3.63, 3.8) is 0 Å². The zero-order valence-corrected chi connectivity index (χ0v) is 7.62. The number of rotatable bonds is 6. The van der Waals surface area contributed by atoms with E-state index in [2.05, 4.69) is 0 Å². The van der Waals surface area contributed by atoms with Crippen molar-refractivity contribution in [2.24, 2.45) is 0 Å². The van der Waals surface area contributed by atoms with E-state index >= 15 is 0 Å². The molecule has 5 heteroatoms. The van der Waals surface area contributed by atoms with Crippen molar-refractivity contribution in [1.82, 2.24) is 0 Å². The molecular formula is C6H10ClO3S. The molecule has 0 saturated carbocycles. The van der Waals surface area contributed by atoms with E-state index in [1.807, 2.05) is 0 Å². The first kappa shape index (κ1) is 10.9. The summed E-state index contributed by atoms with van der Waals surface area (Å²) in [5.41, 5.74) is 0. The van der Waals surface area contributed by atoms with Crippen LogP contribution in [0.15, 0.2) is 0 Å². The van der Waals surface area contributed by atoms with Crippen LogP contribution in [0.3, 0.4) is 0 Å². The Morgan fingerprint density at radius 1 is 1.27 bits per heavy atom. The fourth-order valence-corrected chi connectivity index (χ4v) is 2.31. The minimum atomic E-state index is -3.01. The van der Waals surface area contributed by atoms with E-state index < -0.39 is 9.84 Å². The third-order valence-corrected chi connectivity index (χ3v) is 3.27. The minimum absolute atomic E-state index is 0.00654. The molecule has 0 N–H and O–H groups in total. The fraction of sp³-hybridized carbons (Fsp3) is 0.833. The first-order chi connectivity index (χ1) is 5.12. The Bertz CT molecular complexity index is 198. The van der Waals surface area contributed by atoms with Crippen LogP contribution in [0.4, 0.5) is 0 Å². The molecule has 0 aliphatic heterocycles. The molecule has 0 aromatic rings. The summed E-state index contributed by atoms with van der Waals surface area (Å²) >= 11 is 5.24. The lowest BCUT2D eigenvalue weighted by Gasteiger charge is -1.97. The summed E-state index contributed by atoms with van der Waals surface area (Å²) in [4.78, 5) is 9.70. The number of sulfone groups is 1. The molecule has 0 aliphatic carbocycles. The van der Waals surface area contributed by atoms with Crippen molar-refractivity contribution in [3.8, 4) is 0 Å². The largest absolute Gasteiger partial charge is 0.291 e. The zero-order chi connectivity index (χ0) is 8.74. The van der Waals surface area contributed by atoms with E-state index in [9.17, 15) is 13.2 Å². The van der Waals surface area contributed by atoms with E-state index in [1.54, 1.807) is 6.29 Å². The van der Waals surface area contributed by atoms with Crippen molar-refractivity contribution >= 4 is 27.7 Å². The molecule has 0 aliphatic rings. The van der Waals surface area contributed by atoms with Gasteiger partial charge in [0.05, 0.1) is 11.5 Å². The van der Waals surface area contributed by atoms with Gasteiger partial charge in [-0.1, -0.05) is 0 Å². The minimum Gasteiger partial charge on any atom is -0.291 e. The molecule has 0 aromatic heterocycles.